The SMILES string of the molecule is O=S(=O)(OCC(F)(F)F)OC(OS(=O)(=O)OCC(F)(F)F)OS(=O)(=O)OCC(F)(F)F. The first-order valence-corrected chi connectivity index (χ1v) is 10.3. The predicted octanol–water partition coefficient (Wildman–Crippen LogP) is 0.791. The Balaban J connectivity index is 5.56. The Morgan fingerprint density at radius 3 is 0.839 bits per heavy atom. The molecule has 0 aromatic rings. The first-order valence-electron chi connectivity index (χ1n) is 6.33. The van der Waals surface area contributed by atoms with Crippen molar-refractivity contribution in [3.05, 3.63) is 0 Å². The molecular formula is C7H7F9O12S3. The van der Waals surface area contributed by atoms with Crippen molar-refractivity contribution in [2.24, 2.45) is 0 Å². The molecule has 0 fully saturated rings. The van der Waals surface area contributed by atoms with Gasteiger partial charge in [0.25, 0.3) is 0 Å². The topological polar surface area (TPSA) is 158 Å². The van der Waals surface area contributed by atoms with Crippen molar-refractivity contribution < 1.29 is 89.9 Å². The summed E-state index contributed by atoms with van der Waals surface area (Å²) in [6.07, 6.45) is -16.1. The molecule has 12 nitrogen and oxygen atoms in total. The largest absolute Gasteiger partial charge is 0.413 e. The van der Waals surface area contributed by atoms with Crippen LogP contribution < -0.4 is 0 Å². The second kappa shape index (κ2) is 10.3. The van der Waals surface area contributed by atoms with Gasteiger partial charge in [-0.1, -0.05) is 0 Å². The molecule has 0 saturated carbocycles. The monoisotopic (exact) mass is 550 g/mol. The zero-order valence-electron chi connectivity index (χ0n) is 13.7. The molecule has 0 saturated heterocycles. The minimum atomic E-state index is -6.10. The summed E-state index contributed by atoms with van der Waals surface area (Å²) in [6.45, 7) is -11.9. The van der Waals surface area contributed by atoms with Gasteiger partial charge in [0.2, 0.25) is 0 Å². The Morgan fingerprint density at radius 2 is 0.677 bits per heavy atom. The number of halogens is 9. The standard InChI is InChI=1S/C7H7F9O12S3/c8-5(9,10)1-23-29(17,18)26-4(27-30(19,20)24-2-6(11,12)13)28-31(21,22)25-3-7(14,15)16/h4H,1-3H2. The Morgan fingerprint density at radius 1 is 0.484 bits per heavy atom. The maximum absolute atomic E-state index is 11.9. The number of alkyl halides is 9. The van der Waals surface area contributed by atoms with Gasteiger partial charge >= 0.3 is 56.2 Å². The highest BCUT2D eigenvalue weighted by molar-refractivity contribution is 7.83. The summed E-state index contributed by atoms with van der Waals surface area (Å²) < 4.78 is 194. The van der Waals surface area contributed by atoms with E-state index in [9.17, 15) is 64.8 Å². The summed E-state index contributed by atoms with van der Waals surface area (Å²) in [6, 6.07) is 0. The average Bonchev–Trinajstić information content (AvgIpc) is 2.46. The molecule has 0 spiro atoms. The van der Waals surface area contributed by atoms with E-state index < -0.39 is 76.0 Å². The third kappa shape index (κ3) is 17.2. The third-order valence-corrected chi connectivity index (χ3v) is 4.09. The van der Waals surface area contributed by atoms with Crippen molar-refractivity contribution in [1.82, 2.24) is 0 Å². The van der Waals surface area contributed by atoms with Crippen LogP contribution >= 0.6 is 0 Å². The molecule has 0 unspecified atom stereocenters. The predicted molar refractivity (Wildman–Crippen MR) is 69.8 cm³/mol. The van der Waals surface area contributed by atoms with Crippen LogP contribution in [0.4, 0.5) is 39.5 Å². The van der Waals surface area contributed by atoms with Crippen molar-refractivity contribution in [1.29, 1.82) is 0 Å². The molecule has 0 bridgehead atoms. The molecule has 0 heterocycles. The Labute approximate surface area is 166 Å². The molecule has 31 heavy (non-hydrogen) atoms. The van der Waals surface area contributed by atoms with E-state index in [4.69, 9.17) is 0 Å². The summed E-state index contributed by atoms with van der Waals surface area (Å²) >= 11 is 0. The van der Waals surface area contributed by atoms with E-state index in [-0.39, 0.29) is 0 Å². The van der Waals surface area contributed by atoms with Gasteiger partial charge in [0, 0.05) is 0 Å². The molecule has 0 N–H and O–H groups in total. The highest BCUT2D eigenvalue weighted by Crippen LogP contribution is 2.22. The van der Waals surface area contributed by atoms with Crippen LogP contribution in [0.25, 0.3) is 0 Å². The quantitative estimate of drug-likeness (QED) is 0.249. The van der Waals surface area contributed by atoms with Crippen molar-refractivity contribution >= 4 is 31.2 Å². The van der Waals surface area contributed by atoms with Gasteiger partial charge in [-0.05, 0) is 0 Å². The van der Waals surface area contributed by atoms with E-state index in [1.165, 1.54) is 0 Å². The lowest BCUT2D eigenvalue weighted by Crippen LogP contribution is -2.34. The van der Waals surface area contributed by atoms with Gasteiger partial charge in [0.05, 0.1) is 0 Å². The van der Waals surface area contributed by atoms with Crippen molar-refractivity contribution in [3.63, 3.8) is 0 Å². The smallest absolute Gasteiger partial charge is 0.238 e. The molecule has 0 aliphatic rings. The summed E-state index contributed by atoms with van der Waals surface area (Å²) in [5, 5.41) is 0. The number of rotatable bonds is 12. The maximum Gasteiger partial charge on any atom is 0.413 e. The van der Waals surface area contributed by atoms with Crippen molar-refractivity contribution in [2.75, 3.05) is 19.8 Å². The Kier molecular flexibility index (Phi) is 9.94. The summed E-state index contributed by atoms with van der Waals surface area (Å²) in [5.74, 6) is 0. The minimum Gasteiger partial charge on any atom is -0.238 e. The molecule has 0 atom stereocenters. The summed E-state index contributed by atoms with van der Waals surface area (Å²) in [5.41, 5.74) is 0. The fourth-order valence-corrected chi connectivity index (χ4v) is 2.80. The van der Waals surface area contributed by atoms with Gasteiger partial charge < -0.3 is 0 Å². The van der Waals surface area contributed by atoms with E-state index in [2.05, 4.69) is 25.1 Å². The van der Waals surface area contributed by atoms with Crippen molar-refractivity contribution in [2.45, 2.75) is 25.0 Å². The van der Waals surface area contributed by atoms with Crippen LogP contribution in [0.5, 0.6) is 0 Å². The highest BCUT2D eigenvalue weighted by Gasteiger charge is 2.39. The number of hydrogen-bond donors (Lipinski definition) is 0. The first-order chi connectivity index (χ1) is 13.4. The van der Waals surface area contributed by atoms with Crippen LogP contribution in [-0.2, 0) is 56.3 Å². The lowest BCUT2D eigenvalue weighted by Gasteiger charge is -2.17. The van der Waals surface area contributed by atoms with Crippen LogP contribution in [0.3, 0.4) is 0 Å². The van der Waals surface area contributed by atoms with Gasteiger partial charge in [0.1, 0.15) is 0 Å². The van der Waals surface area contributed by atoms with E-state index in [0.717, 1.165) is 0 Å². The van der Waals surface area contributed by atoms with Gasteiger partial charge in [-0.15, -0.1) is 0 Å². The van der Waals surface area contributed by atoms with Crippen LogP contribution in [0.2, 0.25) is 0 Å². The van der Waals surface area contributed by atoms with Crippen LogP contribution in [0.15, 0.2) is 0 Å². The Bertz CT molecular complexity index is 767. The summed E-state index contributed by atoms with van der Waals surface area (Å²) in [4.78, 5) is 0. The maximum atomic E-state index is 11.9. The lowest BCUT2D eigenvalue weighted by atomic mass is 10.7. The summed E-state index contributed by atoms with van der Waals surface area (Å²) in [7, 11) is -18.3. The molecule has 0 radical (unpaired) electrons. The first kappa shape index (κ1) is 30.0. The van der Waals surface area contributed by atoms with Gasteiger partial charge in [-0.25, -0.2) is 12.5 Å². The molecule has 0 amide bonds. The van der Waals surface area contributed by atoms with Crippen molar-refractivity contribution in [3.8, 4) is 0 Å². The van der Waals surface area contributed by atoms with E-state index in [0.29, 0.717) is 0 Å². The van der Waals surface area contributed by atoms with E-state index in [1.807, 2.05) is 0 Å². The van der Waals surface area contributed by atoms with Crippen LogP contribution in [0.1, 0.15) is 0 Å². The third-order valence-electron chi connectivity index (χ3n) is 1.69. The lowest BCUT2D eigenvalue weighted by molar-refractivity contribution is -0.180. The minimum absolute atomic E-state index is 2.66. The molecule has 0 aliphatic carbocycles. The molecular weight excluding hydrogens is 543 g/mol. The van der Waals surface area contributed by atoms with Gasteiger partial charge in [0.15, 0.2) is 19.8 Å². The molecule has 0 aromatic heterocycles. The number of hydrogen-bond acceptors (Lipinski definition) is 12. The van der Waals surface area contributed by atoms with E-state index in [1.54, 1.807) is 0 Å². The van der Waals surface area contributed by atoms with Crippen LogP contribution in [-0.4, -0.2) is 70.1 Å². The van der Waals surface area contributed by atoms with E-state index >= 15 is 0 Å². The Hall–Kier alpha value is -1.02. The molecule has 0 aromatic carbocycles. The average molecular weight is 550 g/mol. The molecule has 188 valence electrons. The second-order valence-electron chi connectivity index (χ2n) is 4.43. The highest BCUT2D eigenvalue weighted by atomic mass is 32.3. The van der Waals surface area contributed by atoms with Gasteiger partial charge in [-0.2, -0.15) is 77.3 Å². The zero-order valence-corrected chi connectivity index (χ0v) is 16.2. The normalized spacial score (nSPS) is 14.9. The van der Waals surface area contributed by atoms with Gasteiger partial charge in [-0.3, -0.25) is 0 Å². The molecule has 0 rings (SSSR count). The molecule has 24 heteroatoms. The fraction of sp³-hybridized carbons (Fsp3) is 1.00. The molecule has 0 aliphatic heterocycles. The van der Waals surface area contributed by atoms with Crippen LogP contribution in [0, 0.1) is 0 Å². The fourth-order valence-electron chi connectivity index (χ4n) is 0.837. The zero-order chi connectivity index (χ0) is 24.9. The second-order valence-corrected chi connectivity index (χ2v) is 8.17.